The lowest BCUT2D eigenvalue weighted by Crippen LogP contribution is -2.35. The molecule has 2 heterocycles. The van der Waals surface area contributed by atoms with Crippen LogP contribution in [-0.4, -0.2) is 42.2 Å². The zero-order valence-corrected chi connectivity index (χ0v) is 21.7. The Bertz CT molecular complexity index is 840. The fourth-order valence-electron chi connectivity index (χ4n) is 4.52. The van der Waals surface area contributed by atoms with Gasteiger partial charge in [0.15, 0.2) is 0 Å². The summed E-state index contributed by atoms with van der Waals surface area (Å²) in [7, 11) is 0. The predicted molar refractivity (Wildman–Crippen MR) is 141 cm³/mol. The summed E-state index contributed by atoms with van der Waals surface area (Å²) >= 11 is 12.1. The van der Waals surface area contributed by atoms with Crippen LogP contribution in [-0.2, 0) is 9.59 Å². The number of amidine groups is 1. The van der Waals surface area contributed by atoms with Crippen LogP contribution < -0.4 is 10.3 Å². The Balaban J connectivity index is 1.17. The van der Waals surface area contributed by atoms with E-state index in [1.54, 1.807) is 12.1 Å². The maximum atomic E-state index is 12.2. The van der Waals surface area contributed by atoms with Crippen molar-refractivity contribution in [3.8, 4) is 0 Å². The van der Waals surface area contributed by atoms with Crippen LogP contribution in [0.1, 0.15) is 89.9 Å². The first-order valence-electron chi connectivity index (χ1n) is 12.9. The van der Waals surface area contributed by atoms with Crippen LogP contribution in [0.2, 0.25) is 10.0 Å². The Morgan fingerprint density at radius 1 is 0.824 bits per heavy atom. The number of rotatable bonds is 12. The topological polar surface area (TPSA) is 65.0 Å². The maximum absolute atomic E-state index is 12.2. The number of nitrogens with one attached hydrogen (secondary N) is 1. The van der Waals surface area contributed by atoms with Crippen LogP contribution in [0.3, 0.4) is 0 Å². The molecule has 0 radical (unpaired) electrons. The Morgan fingerprint density at radius 3 is 2.15 bits per heavy atom. The number of carbonyl (C=O) groups excluding carboxylic acids is 2. The van der Waals surface area contributed by atoms with Gasteiger partial charge in [-0.15, -0.1) is 0 Å². The highest BCUT2D eigenvalue weighted by molar-refractivity contribution is 6.42. The third-order valence-corrected chi connectivity index (χ3v) is 7.28. The largest absolute Gasteiger partial charge is 0.343 e. The zero-order valence-electron chi connectivity index (χ0n) is 20.2. The van der Waals surface area contributed by atoms with Gasteiger partial charge in [-0.3, -0.25) is 14.6 Å². The van der Waals surface area contributed by atoms with Crippen LogP contribution in [0, 0.1) is 0 Å². The number of likely N-dealkylation sites (tertiary alicyclic amines) is 1. The van der Waals surface area contributed by atoms with Crippen LogP contribution in [0.25, 0.3) is 0 Å². The third kappa shape index (κ3) is 9.10. The Kier molecular flexibility index (Phi) is 11.5. The first-order valence-corrected chi connectivity index (χ1v) is 13.7. The summed E-state index contributed by atoms with van der Waals surface area (Å²) in [6.45, 7) is 2.63. The molecule has 3 rings (SSSR count). The van der Waals surface area contributed by atoms with Crippen LogP contribution in [0.5, 0.6) is 0 Å². The monoisotopic (exact) mass is 508 g/mol. The summed E-state index contributed by atoms with van der Waals surface area (Å²) in [5.74, 6) is 1.09. The number of hydrogen-bond acceptors (Lipinski definition) is 4. The van der Waals surface area contributed by atoms with E-state index in [1.807, 2.05) is 16.0 Å². The van der Waals surface area contributed by atoms with Gasteiger partial charge in [0.25, 0.3) is 0 Å². The SMILES string of the molecule is O=C(CCCCCCCCCCC(=O)N1CCCCC1)NC1=NN(c2ccc(Cl)c(Cl)c2)CC1. The molecule has 1 aromatic carbocycles. The molecule has 0 saturated carbocycles. The van der Waals surface area contributed by atoms with Crippen molar-refractivity contribution in [1.82, 2.24) is 10.2 Å². The highest BCUT2D eigenvalue weighted by Gasteiger charge is 2.18. The molecular weight excluding hydrogens is 471 g/mol. The quantitative estimate of drug-likeness (QED) is 0.325. The molecule has 1 saturated heterocycles. The lowest BCUT2D eigenvalue weighted by molar-refractivity contribution is -0.132. The van der Waals surface area contributed by atoms with E-state index in [0.29, 0.717) is 47.6 Å². The summed E-state index contributed by atoms with van der Waals surface area (Å²) in [6.07, 6.45) is 14.5. The highest BCUT2D eigenvalue weighted by atomic mass is 35.5. The van der Waals surface area contributed by atoms with Gasteiger partial charge in [-0.2, -0.15) is 5.10 Å². The first-order chi connectivity index (χ1) is 16.5. The molecule has 1 fully saturated rings. The van der Waals surface area contributed by atoms with E-state index < -0.39 is 0 Å². The summed E-state index contributed by atoms with van der Waals surface area (Å²) in [4.78, 5) is 26.4. The lowest BCUT2D eigenvalue weighted by atomic mass is 10.1. The molecule has 1 N–H and O–H groups in total. The molecule has 2 aliphatic heterocycles. The fraction of sp³-hybridized carbons (Fsp3) is 0.654. The van der Waals surface area contributed by atoms with E-state index in [-0.39, 0.29) is 5.91 Å². The summed E-state index contributed by atoms with van der Waals surface area (Å²) < 4.78 is 0. The molecule has 6 nitrogen and oxygen atoms in total. The van der Waals surface area contributed by atoms with Crippen molar-refractivity contribution in [3.63, 3.8) is 0 Å². The van der Waals surface area contributed by atoms with Gasteiger partial charge < -0.3 is 10.2 Å². The number of amides is 2. The van der Waals surface area contributed by atoms with Gasteiger partial charge in [0.1, 0.15) is 5.84 Å². The molecule has 1 aromatic rings. The van der Waals surface area contributed by atoms with Crippen molar-refractivity contribution in [1.29, 1.82) is 0 Å². The van der Waals surface area contributed by atoms with Crippen molar-refractivity contribution in [3.05, 3.63) is 28.2 Å². The number of piperidine rings is 1. The molecule has 0 bridgehead atoms. The fourth-order valence-corrected chi connectivity index (χ4v) is 4.82. The van der Waals surface area contributed by atoms with E-state index in [4.69, 9.17) is 23.2 Å². The predicted octanol–water partition coefficient (Wildman–Crippen LogP) is 6.55. The summed E-state index contributed by atoms with van der Waals surface area (Å²) in [5.41, 5.74) is 0.868. The highest BCUT2D eigenvalue weighted by Crippen LogP contribution is 2.28. The molecule has 2 amide bonds. The smallest absolute Gasteiger partial charge is 0.225 e. The molecule has 8 heteroatoms. The van der Waals surface area contributed by atoms with Crippen molar-refractivity contribution in [2.45, 2.75) is 89.9 Å². The van der Waals surface area contributed by atoms with Gasteiger partial charge >= 0.3 is 0 Å². The molecule has 2 aliphatic rings. The van der Waals surface area contributed by atoms with Crippen LogP contribution in [0.4, 0.5) is 5.69 Å². The lowest BCUT2D eigenvalue weighted by Gasteiger charge is -2.26. The number of carbonyl (C=O) groups is 2. The van der Waals surface area contributed by atoms with E-state index in [1.165, 1.54) is 38.5 Å². The van der Waals surface area contributed by atoms with Gasteiger partial charge in [-0.25, -0.2) is 0 Å². The average Bonchev–Trinajstić information content (AvgIpc) is 3.30. The minimum absolute atomic E-state index is 0.0353. The molecule has 0 unspecified atom stereocenters. The van der Waals surface area contributed by atoms with Crippen molar-refractivity contribution < 1.29 is 9.59 Å². The second-order valence-electron chi connectivity index (χ2n) is 9.34. The minimum Gasteiger partial charge on any atom is -0.343 e. The minimum atomic E-state index is 0.0353. The van der Waals surface area contributed by atoms with Gasteiger partial charge in [0.05, 0.1) is 15.7 Å². The van der Waals surface area contributed by atoms with Gasteiger partial charge in [0, 0.05) is 38.9 Å². The van der Waals surface area contributed by atoms with E-state index >= 15 is 0 Å². The Labute approximate surface area is 214 Å². The molecule has 188 valence electrons. The van der Waals surface area contributed by atoms with Crippen LogP contribution >= 0.6 is 23.2 Å². The number of hydrogen-bond donors (Lipinski definition) is 1. The molecule has 0 spiro atoms. The standard InChI is InChI=1S/C26H38Cl2N4O2/c27-22-15-14-21(20-23(22)28)32-19-16-24(30-32)29-25(33)12-8-5-3-1-2-4-6-9-13-26(34)31-17-10-7-11-18-31/h14-15,20H,1-13,16-19H2,(H,29,30,33). The number of halogens is 2. The molecule has 0 atom stereocenters. The van der Waals surface area contributed by atoms with E-state index in [9.17, 15) is 9.59 Å². The second-order valence-corrected chi connectivity index (χ2v) is 10.2. The zero-order chi connectivity index (χ0) is 24.2. The van der Waals surface area contributed by atoms with Gasteiger partial charge in [0.2, 0.25) is 11.8 Å². The van der Waals surface area contributed by atoms with E-state index in [2.05, 4.69) is 10.4 Å². The second kappa shape index (κ2) is 14.6. The van der Waals surface area contributed by atoms with Crippen LogP contribution in [0.15, 0.2) is 23.3 Å². The first kappa shape index (κ1) is 26.8. The maximum Gasteiger partial charge on any atom is 0.225 e. The van der Waals surface area contributed by atoms with E-state index in [0.717, 1.165) is 50.9 Å². The Morgan fingerprint density at radius 2 is 1.47 bits per heavy atom. The van der Waals surface area contributed by atoms with Crippen molar-refractivity contribution >= 4 is 46.5 Å². The number of hydrazone groups is 1. The van der Waals surface area contributed by atoms with Crippen molar-refractivity contribution in [2.24, 2.45) is 5.10 Å². The average molecular weight is 510 g/mol. The summed E-state index contributed by atoms with van der Waals surface area (Å²) in [6, 6.07) is 5.41. The molecule has 0 aliphatic carbocycles. The third-order valence-electron chi connectivity index (χ3n) is 6.54. The molecule has 34 heavy (non-hydrogen) atoms. The van der Waals surface area contributed by atoms with Gasteiger partial charge in [-0.05, 0) is 50.3 Å². The number of unbranched alkanes of at least 4 members (excludes halogenated alkanes) is 7. The normalized spacial score (nSPS) is 16.0. The van der Waals surface area contributed by atoms with Crippen molar-refractivity contribution in [2.75, 3.05) is 24.6 Å². The summed E-state index contributed by atoms with van der Waals surface area (Å²) in [5, 5.41) is 10.3. The molecule has 0 aromatic heterocycles. The number of benzene rings is 1. The number of nitrogens with zero attached hydrogens (tertiary/aromatic N) is 3. The molecular formula is C26H38Cl2N4O2. The number of anilines is 1. The Hall–Kier alpha value is -1.79. The van der Waals surface area contributed by atoms with Gasteiger partial charge in [-0.1, -0.05) is 61.7 Å².